The van der Waals surface area contributed by atoms with E-state index in [1.807, 2.05) is 0 Å². The molecule has 1 atom stereocenters. The molecule has 18 heavy (non-hydrogen) atoms. The van der Waals surface area contributed by atoms with Gasteiger partial charge in [0.05, 0.1) is 0 Å². The predicted molar refractivity (Wildman–Crippen MR) is 80.5 cm³/mol. The lowest BCUT2D eigenvalue weighted by Gasteiger charge is -2.15. The van der Waals surface area contributed by atoms with Crippen molar-refractivity contribution in [3.8, 4) is 11.8 Å². The normalized spacial score (nSPS) is 25.0. The fraction of sp³-hybridized carbons (Fsp3) is 0.765. The SMILES string of the molecule is C=C1CCCC(C)CC1.CCN1CCC#CCC1. The van der Waals surface area contributed by atoms with Crippen molar-refractivity contribution in [3.05, 3.63) is 12.2 Å². The molecule has 0 aromatic heterocycles. The topological polar surface area (TPSA) is 3.24 Å². The Morgan fingerprint density at radius 3 is 2.44 bits per heavy atom. The first-order chi connectivity index (χ1) is 8.72. The maximum absolute atomic E-state index is 4.01. The zero-order chi connectivity index (χ0) is 13.2. The third-order valence-electron chi connectivity index (χ3n) is 3.90. The minimum absolute atomic E-state index is 0.948. The van der Waals surface area contributed by atoms with E-state index in [0.717, 1.165) is 18.8 Å². The zero-order valence-electron chi connectivity index (χ0n) is 12.3. The Morgan fingerprint density at radius 2 is 1.83 bits per heavy atom. The number of hydrogen-bond donors (Lipinski definition) is 0. The van der Waals surface area contributed by atoms with E-state index >= 15 is 0 Å². The summed E-state index contributed by atoms with van der Waals surface area (Å²) in [5.74, 6) is 7.19. The van der Waals surface area contributed by atoms with E-state index in [4.69, 9.17) is 0 Å². The Morgan fingerprint density at radius 1 is 1.17 bits per heavy atom. The van der Waals surface area contributed by atoms with Gasteiger partial charge in [0.1, 0.15) is 0 Å². The molecular weight excluding hydrogens is 218 g/mol. The van der Waals surface area contributed by atoms with Crippen LogP contribution in [0.5, 0.6) is 0 Å². The Bertz CT molecular complexity index is 282. The number of nitrogens with zero attached hydrogens (tertiary/aromatic N) is 1. The molecule has 0 aromatic rings. The monoisotopic (exact) mass is 247 g/mol. The molecule has 1 fully saturated rings. The first-order valence-electron chi connectivity index (χ1n) is 7.57. The third-order valence-corrected chi connectivity index (χ3v) is 3.90. The van der Waals surface area contributed by atoms with Crippen molar-refractivity contribution in [2.75, 3.05) is 19.6 Å². The summed E-state index contributed by atoms with van der Waals surface area (Å²) in [6.45, 7) is 12.1. The van der Waals surface area contributed by atoms with E-state index in [1.165, 1.54) is 57.3 Å². The van der Waals surface area contributed by atoms with Crippen molar-refractivity contribution in [2.24, 2.45) is 5.92 Å². The van der Waals surface area contributed by atoms with Crippen LogP contribution in [0.3, 0.4) is 0 Å². The number of rotatable bonds is 1. The van der Waals surface area contributed by atoms with Crippen molar-refractivity contribution in [1.82, 2.24) is 4.90 Å². The van der Waals surface area contributed by atoms with Crippen molar-refractivity contribution < 1.29 is 0 Å². The molecule has 0 saturated heterocycles. The predicted octanol–water partition coefficient (Wildman–Crippen LogP) is 4.25. The second-order valence-electron chi connectivity index (χ2n) is 5.57. The third kappa shape index (κ3) is 6.87. The van der Waals surface area contributed by atoms with Gasteiger partial charge in [-0.15, -0.1) is 11.8 Å². The van der Waals surface area contributed by atoms with Crippen LogP contribution < -0.4 is 0 Å². The van der Waals surface area contributed by atoms with Gasteiger partial charge in [0.2, 0.25) is 0 Å². The van der Waals surface area contributed by atoms with Gasteiger partial charge in [-0.25, -0.2) is 0 Å². The highest BCUT2D eigenvalue weighted by Crippen LogP contribution is 2.24. The van der Waals surface area contributed by atoms with E-state index < -0.39 is 0 Å². The summed E-state index contributed by atoms with van der Waals surface area (Å²) in [5.41, 5.74) is 1.47. The highest BCUT2D eigenvalue weighted by molar-refractivity contribution is 5.01. The molecular formula is C17H29N. The lowest BCUT2D eigenvalue weighted by Crippen LogP contribution is -2.24. The number of allylic oxidation sites excluding steroid dienone is 1. The Hall–Kier alpha value is -0.740. The van der Waals surface area contributed by atoms with Gasteiger partial charge in [-0.3, -0.25) is 0 Å². The van der Waals surface area contributed by atoms with Crippen LogP contribution in [0.1, 0.15) is 58.8 Å². The molecule has 2 aliphatic rings. The Labute approximate surface area is 114 Å². The summed E-state index contributed by atoms with van der Waals surface area (Å²) in [6.07, 6.45) is 8.85. The second-order valence-corrected chi connectivity index (χ2v) is 5.57. The van der Waals surface area contributed by atoms with Crippen molar-refractivity contribution in [2.45, 2.75) is 58.8 Å². The van der Waals surface area contributed by atoms with E-state index in [1.54, 1.807) is 0 Å². The van der Waals surface area contributed by atoms with Gasteiger partial charge in [0.25, 0.3) is 0 Å². The van der Waals surface area contributed by atoms with Gasteiger partial charge in [0, 0.05) is 25.9 Å². The summed E-state index contributed by atoms with van der Waals surface area (Å²) in [5, 5.41) is 0. The Balaban J connectivity index is 0.000000180. The molecule has 0 bridgehead atoms. The lowest BCUT2D eigenvalue weighted by molar-refractivity contribution is 0.306. The molecule has 2 rings (SSSR count). The number of hydrogen-bond acceptors (Lipinski definition) is 1. The van der Waals surface area contributed by atoms with Crippen LogP contribution in [0.25, 0.3) is 0 Å². The van der Waals surface area contributed by atoms with Gasteiger partial charge in [0.15, 0.2) is 0 Å². The van der Waals surface area contributed by atoms with Gasteiger partial charge in [-0.05, 0) is 38.1 Å². The first kappa shape index (κ1) is 15.3. The van der Waals surface area contributed by atoms with Crippen LogP contribution in [-0.4, -0.2) is 24.5 Å². The van der Waals surface area contributed by atoms with Gasteiger partial charge < -0.3 is 4.90 Å². The standard InChI is InChI=1S/C9H16.C8H13N/c1-8-4-3-5-9(2)7-6-8;1-2-9-7-5-3-4-6-8-9/h9H,1,3-7H2,2H3;2,5-8H2,1H3. The molecule has 0 amide bonds. The fourth-order valence-electron chi connectivity index (χ4n) is 2.45. The van der Waals surface area contributed by atoms with Crippen LogP contribution >= 0.6 is 0 Å². The molecule has 1 saturated carbocycles. The smallest absolute Gasteiger partial charge is 0.0217 e. The van der Waals surface area contributed by atoms with Crippen molar-refractivity contribution >= 4 is 0 Å². The average Bonchev–Trinajstić information content (AvgIpc) is 2.73. The van der Waals surface area contributed by atoms with E-state index in [9.17, 15) is 0 Å². The van der Waals surface area contributed by atoms with E-state index in [2.05, 4.69) is 37.2 Å². The van der Waals surface area contributed by atoms with Crippen LogP contribution in [0.2, 0.25) is 0 Å². The largest absolute Gasteiger partial charge is 0.302 e. The van der Waals surface area contributed by atoms with Crippen molar-refractivity contribution in [3.63, 3.8) is 0 Å². The molecule has 1 aliphatic heterocycles. The molecule has 1 unspecified atom stereocenters. The van der Waals surface area contributed by atoms with Gasteiger partial charge >= 0.3 is 0 Å². The molecule has 102 valence electrons. The summed E-state index contributed by atoms with van der Waals surface area (Å²) < 4.78 is 0. The highest BCUT2D eigenvalue weighted by Gasteiger charge is 2.07. The van der Waals surface area contributed by atoms with E-state index in [0.29, 0.717) is 0 Å². The minimum atomic E-state index is 0.948. The lowest BCUT2D eigenvalue weighted by atomic mass is 10.0. The van der Waals surface area contributed by atoms with Crippen LogP contribution in [0, 0.1) is 17.8 Å². The van der Waals surface area contributed by atoms with Crippen LogP contribution in [0.4, 0.5) is 0 Å². The molecule has 1 aliphatic carbocycles. The summed E-state index contributed by atoms with van der Waals surface area (Å²) in [4.78, 5) is 2.42. The maximum atomic E-state index is 4.01. The fourth-order valence-corrected chi connectivity index (χ4v) is 2.45. The molecule has 1 nitrogen and oxygen atoms in total. The molecule has 1 heterocycles. The highest BCUT2D eigenvalue weighted by atomic mass is 15.1. The molecule has 0 aromatic carbocycles. The zero-order valence-corrected chi connectivity index (χ0v) is 12.3. The summed E-state index contributed by atoms with van der Waals surface area (Å²) >= 11 is 0. The summed E-state index contributed by atoms with van der Waals surface area (Å²) in [7, 11) is 0. The molecule has 0 spiro atoms. The van der Waals surface area contributed by atoms with Gasteiger partial charge in [-0.1, -0.05) is 32.4 Å². The molecule has 0 radical (unpaired) electrons. The minimum Gasteiger partial charge on any atom is -0.302 e. The Kier molecular flexibility index (Phi) is 7.85. The van der Waals surface area contributed by atoms with Crippen molar-refractivity contribution in [1.29, 1.82) is 0 Å². The summed E-state index contributed by atoms with van der Waals surface area (Å²) in [6, 6.07) is 0. The quantitative estimate of drug-likeness (QED) is 0.380. The van der Waals surface area contributed by atoms with Crippen LogP contribution in [0.15, 0.2) is 12.2 Å². The second kappa shape index (κ2) is 9.22. The van der Waals surface area contributed by atoms with E-state index in [-0.39, 0.29) is 0 Å². The van der Waals surface area contributed by atoms with Gasteiger partial charge in [-0.2, -0.15) is 0 Å². The first-order valence-corrected chi connectivity index (χ1v) is 7.57. The maximum Gasteiger partial charge on any atom is 0.0217 e. The molecule has 1 heteroatoms. The molecule has 0 N–H and O–H groups in total. The van der Waals surface area contributed by atoms with Crippen LogP contribution in [-0.2, 0) is 0 Å². The average molecular weight is 247 g/mol.